The Morgan fingerprint density at radius 1 is 1.23 bits per heavy atom. The molecule has 1 saturated heterocycles. The first-order chi connectivity index (χ1) is 14.7. The van der Waals surface area contributed by atoms with Gasteiger partial charge in [0.05, 0.1) is 13.1 Å². The van der Waals surface area contributed by atoms with Crippen LogP contribution in [0, 0.1) is 5.92 Å². The number of nitrogens with zero attached hydrogens (tertiary/aromatic N) is 5. The van der Waals surface area contributed by atoms with E-state index in [9.17, 15) is 4.79 Å². The molecular formula is C21H30N6O3. The van der Waals surface area contributed by atoms with Crippen LogP contribution in [0.2, 0.25) is 0 Å². The zero-order valence-corrected chi connectivity index (χ0v) is 17.5. The van der Waals surface area contributed by atoms with Gasteiger partial charge in [0.15, 0.2) is 17.3 Å². The lowest BCUT2D eigenvalue weighted by atomic mass is 9.99. The second-order valence-corrected chi connectivity index (χ2v) is 8.18. The normalized spacial score (nSPS) is 19.6. The van der Waals surface area contributed by atoms with E-state index in [4.69, 9.17) is 9.47 Å². The van der Waals surface area contributed by atoms with Crippen LogP contribution >= 0.6 is 0 Å². The second-order valence-electron chi connectivity index (χ2n) is 8.18. The van der Waals surface area contributed by atoms with Crippen LogP contribution in [0.25, 0.3) is 0 Å². The number of para-hydroxylation sites is 2. The van der Waals surface area contributed by atoms with E-state index in [0.717, 1.165) is 42.9 Å². The zero-order chi connectivity index (χ0) is 20.8. The fourth-order valence-corrected chi connectivity index (χ4v) is 3.80. The highest BCUT2D eigenvalue weighted by Gasteiger charge is 2.21. The summed E-state index contributed by atoms with van der Waals surface area (Å²) in [6.07, 6.45) is 3.38. The Balaban J connectivity index is 1.16. The summed E-state index contributed by atoms with van der Waals surface area (Å²) < 4.78 is 13.4. The number of carbonyl (C=O) groups is 1. The molecule has 9 heteroatoms. The molecule has 0 aliphatic carbocycles. The number of hydrogen-bond donors (Lipinski definition) is 1. The highest BCUT2D eigenvalue weighted by atomic mass is 16.6. The van der Waals surface area contributed by atoms with Gasteiger partial charge in [-0.15, -0.1) is 5.10 Å². The van der Waals surface area contributed by atoms with Crippen molar-refractivity contribution in [2.24, 2.45) is 5.92 Å². The van der Waals surface area contributed by atoms with Gasteiger partial charge in [-0.05, 0) is 60.8 Å². The molecule has 162 valence electrons. The first-order valence-electron chi connectivity index (χ1n) is 10.8. The molecule has 1 unspecified atom stereocenters. The lowest BCUT2D eigenvalue weighted by Gasteiger charge is -2.29. The molecule has 1 fully saturated rings. The Morgan fingerprint density at radius 2 is 2.03 bits per heavy atom. The standard InChI is InChI=1S/C21H30N6O3/c1-16-8-11-26(12-9-16)14-20-23-24-25-27(20)10-4-7-21(28)22-13-17-15-29-18-5-2-3-6-19(18)30-17/h2-3,5-6,16-17H,4,7-15H2,1H3,(H,22,28). The van der Waals surface area contributed by atoms with Crippen LogP contribution in [0.15, 0.2) is 24.3 Å². The number of nitrogens with one attached hydrogen (secondary N) is 1. The minimum absolute atomic E-state index is 0.00268. The number of aryl methyl sites for hydroxylation is 1. The Bertz CT molecular complexity index is 834. The fourth-order valence-electron chi connectivity index (χ4n) is 3.80. The van der Waals surface area contributed by atoms with Gasteiger partial charge in [0.2, 0.25) is 5.91 Å². The highest BCUT2D eigenvalue weighted by molar-refractivity contribution is 5.75. The molecule has 2 aliphatic rings. The number of ether oxygens (including phenoxy) is 2. The number of rotatable bonds is 8. The third kappa shape index (κ3) is 5.47. The van der Waals surface area contributed by atoms with E-state index in [1.807, 2.05) is 28.9 Å². The molecule has 9 nitrogen and oxygen atoms in total. The molecule has 1 aromatic heterocycles. The minimum atomic E-state index is -0.178. The smallest absolute Gasteiger partial charge is 0.220 e. The van der Waals surface area contributed by atoms with Crippen molar-refractivity contribution in [2.45, 2.75) is 51.8 Å². The van der Waals surface area contributed by atoms with Crippen LogP contribution in [0.3, 0.4) is 0 Å². The van der Waals surface area contributed by atoms with Crippen molar-refractivity contribution in [3.8, 4) is 11.5 Å². The first kappa shape index (κ1) is 20.6. The first-order valence-corrected chi connectivity index (χ1v) is 10.8. The lowest BCUT2D eigenvalue weighted by Crippen LogP contribution is -2.40. The van der Waals surface area contributed by atoms with Crippen LogP contribution in [-0.2, 0) is 17.9 Å². The van der Waals surface area contributed by atoms with E-state index in [1.54, 1.807) is 0 Å². The number of amides is 1. The summed E-state index contributed by atoms with van der Waals surface area (Å²) in [4.78, 5) is 14.6. The SMILES string of the molecule is CC1CCN(Cc2nnnn2CCCC(=O)NCC2COc3ccccc3O2)CC1. The van der Waals surface area contributed by atoms with Crippen LogP contribution in [-0.4, -0.2) is 63.4 Å². The number of benzene rings is 1. The summed E-state index contributed by atoms with van der Waals surface area (Å²) in [5, 5.41) is 15.0. The van der Waals surface area contributed by atoms with E-state index in [2.05, 4.69) is 32.7 Å². The molecule has 1 N–H and O–H groups in total. The van der Waals surface area contributed by atoms with Gasteiger partial charge in [-0.1, -0.05) is 19.1 Å². The number of tetrazole rings is 1. The number of hydrogen-bond acceptors (Lipinski definition) is 7. The van der Waals surface area contributed by atoms with Gasteiger partial charge in [-0.2, -0.15) is 0 Å². The maximum Gasteiger partial charge on any atom is 0.220 e. The van der Waals surface area contributed by atoms with Crippen molar-refractivity contribution in [1.29, 1.82) is 0 Å². The molecule has 0 spiro atoms. The number of likely N-dealkylation sites (tertiary alicyclic amines) is 1. The molecule has 1 aromatic carbocycles. The third-order valence-electron chi connectivity index (χ3n) is 5.72. The van der Waals surface area contributed by atoms with Crippen LogP contribution in [0.5, 0.6) is 11.5 Å². The fraction of sp³-hybridized carbons (Fsp3) is 0.619. The summed E-state index contributed by atoms with van der Waals surface area (Å²) in [6, 6.07) is 7.57. The van der Waals surface area contributed by atoms with Gasteiger partial charge in [0.1, 0.15) is 12.7 Å². The van der Waals surface area contributed by atoms with Crippen molar-refractivity contribution in [3.63, 3.8) is 0 Å². The molecule has 0 radical (unpaired) electrons. The van der Waals surface area contributed by atoms with Gasteiger partial charge < -0.3 is 14.8 Å². The maximum atomic E-state index is 12.2. The summed E-state index contributed by atoms with van der Waals surface area (Å²) >= 11 is 0. The Hall–Kier alpha value is -2.68. The van der Waals surface area contributed by atoms with Gasteiger partial charge in [-0.3, -0.25) is 9.69 Å². The van der Waals surface area contributed by atoms with E-state index >= 15 is 0 Å². The van der Waals surface area contributed by atoms with E-state index in [0.29, 0.717) is 32.5 Å². The van der Waals surface area contributed by atoms with E-state index in [-0.39, 0.29) is 12.0 Å². The summed E-state index contributed by atoms with van der Waals surface area (Å²) in [6.45, 7) is 6.75. The van der Waals surface area contributed by atoms with Crippen LogP contribution in [0.4, 0.5) is 0 Å². The summed E-state index contributed by atoms with van der Waals surface area (Å²) in [7, 11) is 0. The molecule has 2 aliphatic heterocycles. The number of aromatic nitrogens is 4. The van der Waals surface area contributed by atoms with E-state index < -0.39 is 0 Å². The van der Waals surface area contributed by atoms with Gasteiger partial charge in [0.25, 0.3) is 0 Å². The average molecular weight is 415 g/mol. The molecular weight excluding hydrogens is 384 g/mol. The van der Waals surface area contributed by atoms with Crippen molar-refractivity contribution in [1.82, 2.24) is 30.4 Å². The highest BCUT2D eigenvalue weighted by Crippen LogP contribution is 2.30. The molecule has 0 bridgehead atoms. The maximum absolute atomic E-state index is 12.2. The quantitative estimate of drug-likeness (QED) is 0.702. The lowest BCUT2D eigenvalue weighted by molar-refractivity contribution is -0.121. The second kappa shape index (κ2) is 9.88. The third-order valence-corrected chi connectivity index (χ3v) is 5.72. The van der Waals surface area contributed by atoms with E-state index in [1.165, 1.54) is 12.8 Å². The Labute approximate surface area is 176 Å². The molecule has 4 rings (SSSR count). The molecule has 1 atom stereocenters. The van der Waals surface area contributed by atoms with Crippen molar-refractivity contribution in [2.75, 3.05) is 26.2 Å². The molecule has 2 aromatic rings. The zero-order valence-electron chi connectivity index (χ0n) is 17.5. The number of fused-ring (bicyclic) bond motifs is 1. The Morgan fingerprint density at radius 3 is 2.87 bits per heavy atom. The van der Waals surface area contributed by atoms with Crippen LogP contribution in [0.1, 0.15) is 38.4 Å². The molecule has 1 amide bonds. The van der Waals surface area contributed by atoms with Crippen molar-refractivity contribution >= 4 is 5.91 Å². The average Bonchev–Trinajstić information content (AvgIpc) is 3.20. The topological polar surface area (TPSA) is 94.4 Å². The van der Waals surface area contributed by atoms with Gasteiger partial charge in [0, 0.05) is 13.0 Å². The molecule has 3 heterocycles. The number of piperidine rings is 1. The number of carbonyl (C=O) groups excluding carboxylic acids is 1. The summed E-state index contributed by atoms with van der Waals surface area (Å²) in [5.41, 5.74) is 0. The monoisotopic (exact) mass is 414 g/mol. The van der Waals surface area contributed by atoms with Crippen molar-refractivity contribution < 1.29 is 14.3 Å². The van der Waals surface area contributed by atoms with Crippen LogP contribution < -0.4 is 14.8 Å². The van der Waals surface area contributed by atoms with Crippen molar-refractivity contribution in [3.05, 3.63) is 30.1 Å². The predicted octanol–water partition coefficient (Wildman–Crippen LogP) is 1.64. The molecule has 0 saturated carbocycles. The van der Waals surface area contributed by atoms with Gasteiger partial charge in [-0.25, -0.2) is 4.68 Å². The predicted molar refractivity (Wildman–Crippen MR) is 110 cm³/mol. The van der Waals surface area contributed by atoms with Gasteiger partial charge >= 0.3 is 0 Å². The summed E-state index contributed by atoms with van der Waals surface area (Å²) in [5.74, 6) is 3.14. The Kier molecular flexibility index (Phi) is 6.78. The largest absolute Gasteiger partial charge is 0.486 e. The minimum Gasteiger partial charge on any atom is -0.486 e. The molecule has 30 heavy (non-hydrogen) atoms.